The molecule has 14 heavy (non-hydrogen) atoms. The van der Waals surface area contributed by atoms with Crippen LogP contribution in [0.25, 0.3) is 10.8 Å². The van der Waals surface area contributed by atoms with Gasteiger partial charge in [0.05, 0.1) is 0 Å². The Kier molecular flexibility index (Phi) is 3.08. The van der Waals surface area contributed by atoms with Crippen molar-refractivity contribution in [1.29, 1.82) is 0 Å². The molecule has 2 aromatic rings. The largest absolute Gasteiger partial charge is 0.0836 e. The van der Waals surface area contributed by atoms with Crippen LogP contribution in [0.5, 0.6) is 0 Å². The minimum absolute atomic E-state index is 0.692. The van der Waals surface area contributed by atoms with Crippen molar-refractivity contribution in [2.24, 2.45) is 0 Å². The van der Waals surface area contributed by atoms with Gasteiger partial charge in [0.2, 0.25) is 0 Å². The molecule has 4 heteroatoms. The monoisotopic (exact) mass is 352 g/mol. The molecular formula is C10H4Br2Cl2. The van der Waals surface area contributed by atoms with Gasteiger partial charge < -0.3 is 0 Å². The Hall–Kier alpha value is 0.240. The minimum atomic E-state index is 0.692. The lowest BCUT2D eigenvalue weighted by molar-refractivity contribution is 1.67. The molecule has 72 valence electrons. The van der Waals surface area contributed by atoms with Crippen LogP contribution < -0.4 is 0 Å². The van der Waals surface area contributed by atoms with Gasteiger partial charge in [-0.15, -0.1) is 0 Å². The Morgan fingerprint density at radius 3 is 1.43 bits per heavy atom. The van der Waals surface area contributed by atoms with E-state index in [2.05, 4.69) is 31.9 Å². The number of halogens is 4. The first-order valence-electron chi connectivity index (χ1n) is 3.83. The lowest BCUT2D eigenvalue weighted by Gasteiger charge is -2.07. The predicted molar refractivity (Wildman–Crippen MR) is 69.4 cm³/mol. The van der Waals surface area contributed by atoms with Gasteiger partial charge in [-0.1, -0.05) is 55.1 Å². The van der Waals surface area contributed by atoms with Crippen LogP contribution in [0.1, 0.15) is 0 Å². The van der Waals surface area contributed by atoms with Crippen LogP contribution in [0.15, 0.2) is 33.2 Å². The number of hydrogen-bond donors (Lipinski definition) is 0. The number of benzene rings is 2. The van der Waals surface area contributed by atoms with Gasteiger partial charge >= 0.3 is 0 Å². The van der Waals surface area contributed by atoms with Crippen molar-refractivity contribution in [1.82, 2.24) is 0 Å². The Balaban J connectivity index is 3.05. The zero-order valence-electron chi connectivity index (χ0n) is 6.82. The minimum Gasteiger partial charge on any atom is -0.0836 e. The fraction of sp³-hybridized carbons (Fsp3) is 0. The van der Waals surface area contributed by atoms with Gasteiger partial charge in [0, 0.05) is 29.8 Å². The van der Waals surface area contributed by atoms with Crippen LogP contribution >= 0.6 is 55.1 Å². The molecule has 0 atom stereocenters. The quantitative estimate of drug-likeness (QED) is 0.571. The molecule has 0 saturated carbocycles. The molecule has 0 aliphatic rings. The highest BCUT2D eigenvalue weighted by Gasteiger charge is 2.09. The van der Waals surface area contributed by atoms with E-state index < -0.39 is 0 Å². The van der Waals surface area contributed by atoms with E-state index in [9.17, 15) is 0 Å². The summed E-state index contributed by atoms with van der Waals surface area (Å²) in [4.78, 5) is 0. The van der Waals surface area contributed by atoms with Crippen LogP contribution in [0.4, 0.5) is 0 Å². The normalized spacial score (nSPS) is 10.9. The standard InChI is InChI=1S/C10H4Br2Cl2/c11-5-1-2-6(12)10-8(14)4-3-7(13)9(5)10/h1-4H. The van der Waals surface area contributed by atoms with Crippen molar-refractivity contribution in [2.45, 2.75) is 0 Å². The molecule has 0 nitrogen and oxygen atoms in total. The smallest absolute Gasteiger partial charge is 0.0497 e. The molecule has 0 radical (unpaired) electrons. The zero-order valence-corrected chi connectivity index (χ0v) is 11.5. The van der Waals surface area contributed by atoms with Gasteiger partial charge in [0.25, 0.3) is 0 Å². The van der Waals surface area contributed by atoms with Crippen molar-refractivity contribution in [2.75, 3.05) is 0 Å². The van der Waals surface area contributed by atoms with Gasteiger partial charge in [-0.2, -0.15) is 0 Å². The second kappa shape index (κ2) is 4.01. The van der Waals surface area contributed by atoms with Gasteiger partial charge in [-0.05, 0) is 24.3 Å². The van der Waals surface area contributed by atoms with E-state index in [4.69, 9.17) is 23.2 Å². The van der Waals surface area contributed by atoms with Crippen LogP contribution in [0.3, 0.4) is 0 Å². The van der Waals surface area contributed by atoms with E-state index in [0.29, 0.717) is 10.0 Å². The summed E-state index contributed by atoms with van der Waals surface area (Å²) >= 11 is 19.1. The van der Waals surface area contributed by atoms with Crippen LogP contribution in [-0.4, -0.2) is 0 Å². The molecule has 0 amide bonds. The van der Waals surface area contributed by atoms with Crippen molar-refractivity contribution in [3.05, 3.63) is 43.3 Å². The topological polar surface area (TPSA) is 0 Å². The maximum atomic E-state index is 6.10. The zero-order chi connectivity index (χ0) is 10.3. The molecule has 0 unspecified atom stereocenters. The summed E-state index contributed by atoms with van der Waals surface area (Å²) in [7, 11) is 0. The SMILES string of the molecule is Clc1ccc(Cl)c2c(Br)ccc(Br)c12. The second-order valence-corrected chi connectivity index (χ2v) is 5.33. The summed E-state index contributed by atoms with van der Waals surface area (Å²) in [6.07, 6.45) is 0. The highest BCUT2D eigenvalue weighted by molar-refractivity contribution is 9.11. The van der Waals surface area contributed by atoms with E-state index in [1.807, 2.05) is 12.1 Å². The Morgan fingerprint density at radius 2 is 1.07 bits per heavy atom. The van der Waals surface area contributed by atoms with E-state index in [-0.39, 0.29) is 0 Å². The van der Waals surface area contributed by atoms with E-state index in [1.54, 1.807) is 12.1 Å². The third-order valence-corrected chi connectivity index (χ3v) is 3.91. The van der Waals surface area contributed by atoms with Crippen molar-refractivity contribution < 1.29 is 0 Å². The first kappa shape index (κ1) is 10.7. The van der Waals surface area contributed by atoms with Crippen LogP contribution in [-0.2, 0) is 0 Å². The van der Waals surface area contributed by atoms with Gasteiger partial charge in [0.15, 0.2) is 0 Å². The number of fused-ring (bicyclic) bond motifs is 1. The lowest BCUT2D eigenvalue weighted by atomic mass is 10.1. The molecule has 0 heterocycles. The maximum absolute atomic E-state index is 6.10. The average molecular weight is 355 g/mol. The molecule has 0 spiro atoms. The summed E-state index contributed by atoms with van der Waals surface area (Å²) in [5, 5.41) is 3.26. The molecule has 2 aromatic carbocycles. The number of rotatable bonds is 0. The Bertz CT molecular complexity index is 420. The highest BCUT2D eigenvalue weighted by Crippen LogP contribution is 2.39. The van der Waals surface area contributed by atoms with Crippen molar-refractivity contribution in [3.63, 3.8) is 0 Å². The first-order chi connectivity index (χ1) is 6.61. The molecule has 0 aromatic heterocycles. The van der Waals surface area contributed by atoms with Gasteiger partial charge in [-0.25, -0.2) is 0 Å². The molecule has 0 N–H and O–H groups in total. The predicted octanol–water partition coefficient (Wildman–Crippen LogP) is 5.67. The summed E-state index contributed by atoms with van der Waals surface area (Å²) in [6.45, 7) is 0. The van der Waals surface area contributed by atoms with Crippen molar-refractivity contribution >= 4 is 65.8 Å². The van der Waals surface area contributed by atoms with Crippen LogP contribution in [0.2, 0.25) is 10.0 Å². The molecule has 0 fully saturated rings. The Morgan fingerprint density at radius 1 is 0.714 bits per heavy atom. The molecule has 0 bridgehead atoms. The third-order valence-electron chi connectivity index (χ3n) is 1.96. The van der Waals surface area contributed by atoms with Crippen molar-refractivity contribution in [3.8, 4) is 0 Å². The second-order valence-electron chi connectivity index (χ2n) is 2.81. The molecular weight excluding hydrogens is 351 g/mol. The Labute approximate surface area is 108 Å². The fourth-order valence-electron chi connectivity index (χ4n) is 1.33. The number of hydrogen-bond acceptors (Lipinski definition) is 0. The third kappa shape index (κ3) is 1.69. The lowest BCUT2D eigenvalue weighted by Crippen LogP contribution is -1.80. The first-order valence-corrected chi connectivity index (χ1v) is 6.17. The molecule has 0 aliphatic carbocycles. The summed E-state index contributed by atoms with van der Waals surface area (Å²) < 4.78 is 1.89. The maximum Gasteiger partial charge on any atom is 0.0497 e. The summed E-state index contributed by atoms with van der Waals surface area (Å²) in [5.74, 6) is 0. The molecule has 2 rings (SSSR count). The molecule has 0 saturated heterocycles. The van der Waals surface area contributed by atoms with E-state index >= 15 is 0 Å². The summed E-state index contributed by atoms with van der Waals surface area (Å²) in [6, 6.07) is 7.47. The van der Waals surface area contributed by atoms with Gasteiger partial charge in [-0.3, -0.25) is 0 Å². The van der Waals surface area contributed by atoms with Crippen LogP contribution in [0, 0.1) is 0 Å². The molecule has 0 aliphatic heterocycles. The van der Waals surface area contributed by atoms with E-state index in [0.717, 1.165) is 19.7 Å². The highest BCUT2D eigenvalue weighted by atomic mass is 79.9. The fourth-order valence-corrected chi connectivity index (χ4v) is 3.17. The average Bonchev–Trinajstić information content (AvgIpc) is 2.16. The van der Waals surface area contributed by atoms with E-state index in [1.165, 1.54) is 0 Å². The summed E-state index contributed by atoms with van der Waals surface area (Å²) in [5.41, 5.74) is 0. The van der Waals surface area contributed by atoms with Gasteiger partial charge in [0.1, 0.15) is 0 Å².